The third-order valence-electron chi connectivity index (χ3n) is 2.13. The third kappa shape index (κ3) is 1.45. The Morgan fingerprint density at radius 2 is 2.08 bits per heavy atom. The van der Waals surface area contributed by atoms with Gasteiger partial charge in [-0.3, -0.25) is 0 Å². The molecule has 3 atom stereocenters. The fourth-order valence-corrected chi connectivity index (χ4v) is 1.14. The standard InChI is InChI=1S/C7H13O6/c1-11-6(10)4-13-7(3-8,12-2)5(6)9/h4-5,8-10H,3H2,1-2H3/t5-,6+,7+/m0/s1. The van der Waals surface area contributed by atoms with Crippen LogP contribution in [0.1, 0.15) is 0 Å². The molecule has 1 rings (SSSR count). The highest BCUT2D eigenvalue weighted by molar-refractivity contribution is 5.02. The highest BCUT2D eigenvalue weighted by Gasteiger charge is 2.59. The molecule has 0 bridgehead atoms. The molecule has 77 valence electrons. The second-order valence-corrected chi connectivity index (χ2v) is 2.77. The molecular weight excluding hydrogens is 180 g/mol. The summed E-state index contributed by atoms with van der Waals surface area (Å²) in [4.78, 5) is 0. The van der Waals surface area contributed by atoms with Crippen molar-refractivity contribution >= 4 is 0 Å². The highest BCUT2D eigenvalue weighted by atomic mass is 16.8. The normalized spacial score (nSPS) is 45.5. The Labute approximate surface area is 75.6 Å². The fourth-order valence-electron chi connectivity index (χ4n) is 1.14. The average Bonchev–Trinajstić information content (AvgIpc) is 2.43. The average molecular weight is 193 g/mol. The van der Waals surface area contributed by atoms with Crippen LogP contribution in [0.4, 0.5) is 0 Å². The van der Waals surface area contributed by atoms with Gasteiger partial charge in [0.25, 0.3) is 0 Å². The Bertz CT molecular complexity index is 180. The molecule has 0 aromatic heterocycles. The number of aliphatic hydroxyl groups is 3. The molecule has 0 spiro atoms. The first-order valence-electron chi connectivity index (χ1n) is 3.68. The number of ether oxygens (including phenoxy) is 3. The molecule has 1 heterocycles. The van der Waals surface area contributed by atoms with Crippen LogP contribution in [0.2, 0.25) is 0 Å². The van der Waals surface area contributed by atoms with Crippen LogP contribution in [0.15, 0.2) is 0 Å². The number of rotatable bonds is 3. The summed E-state index contributed by atoms with van der Waals surface area (Å²) in [6.07, 6.45) is -1.50. The van der Waals surface area contributed by atoms with Crippen molar-refractivity contribution in [3.8, 4) is 0 Å². The molecule has 1 aliphatic heterocycles. The van der Waals surface area contributed by atoms with Gasteiger partial charge in [0.05, 0.1) is 0 Å². The molecule has 1 aliphatic rings. The van der Waals surface area contributed by atoms with E-state index in [9.17, 15) is 10.2 Å². The molecule has 0 amide bonds. The van der Waals surface area contributed by atoms with Crippen LogP contribution in [-0.4, -0.2) is 53.8 Å². The minimum Gasteiger partial charge on any atom is -0.391 e. The fraction of sp³-hybridized carbons (Fsp3) is 0.857. The summed E-state index contributed by atoms with van der Waals surface area (Å²) in [5.74, 6) is -3.59. The zero-order chi connectivity index (χ0) is 10.1. The molecule has 3 N–H and O–H groups in total. The zero-order valence-electron chi connectivity index (χ0n) is 7.43. The first kappa shape index (κ1) is 10.8. The molecule has 6 nitrogen and oxygen atoms in total. The van der Waals surface area contributed by atoms with Gasteiger partial charge in [0.1, 0.15) is 13.2 Å². The van der Waals surface area contributed by atoms with Crippen molar-refractivity contribution in [2.24, 2.45) is 0 Å². The maximum Gasteiger partial charge on any atom is 0.227 e. The van der Waals surface area contributed by atoms with Gasteiger partial charge < -0.3 is 29.5 Å². The summed E-state index contributed by atoms with van der Waals surface area (Å²) in [7, 11) is 2.45. The quantitative estimate of drug-likeness (QED) is 0.459. The predicted octanol–water partition coefficient (Wildman–Crippen LogP) is -1.79. The topological polar surface area (TPSA) is 88.4 Å². The highest BCUT2D eigenvalue weighted by Crippen LogP contribution is 2.37. The smallest absolute Gasteiger partial charge is 0.227 e. The molecule has 13 heavy (non-hydrogen) atoms. The van der Waals surface area contributed by atoms with E-state index in [4.69, 9.17) is 14.6 Å². The molecule has 0 saturated carbocycles. The van der Waals surface area contributed by atoms with Crippen LogP contribution in [0.3, 0.4) is 0 Å². The summed E-state index contributed by atoms with van der Waals surface area (Å²) in [6.45, 7) is 0.296. The molecular formula is C7H13O6. The minimum absolute atomic E-state index is 0.590. The van der Waals surface area contributed by atoms with E-state index in [-0.39, 0.29) is 0 Å². The van der Waals surface area contributed by atoms with E-state index in [1.54, 1.807) is 0 Å². The first-order chi connectivity index (χ1) is 6.04. The van der Waals surface area contributed by atoms with Gasteiger partial charge in [0, 0.05) is 14.2 Å². The van der Waals surface area contributed by atoms with Gasteiger partial charge in [-0.2, -0.15) is 0 Å². The second kappa shape index (κ2) is 3.49. The molecule has 6 heteroatoms. The van der Waals surface area contributed by atoms with Crippen LogP contribution < -0.4 is 0 Å². The Morgan fingerprint density at radius 3 is 2.31 bits per heavy atom. The summed E-state index contributed by atoms with van der Waals surface area (Å²) in [6, 6.07) is 0. The van der Waals surface area contributed by atoms with Crippen molar-refractivity contribution in [1.82, 2.24) is 0 Å². The van der Waals surface area contributed by atoms with E-state index in [1.165, 1.54) is 14.2 Å². The Hall–Kier alpha value is -0.240. The maximum atomic E-state index is 9.54. The van der Waals surface area contributed by atoms with Crippen LogP contribution in [-0.2, 0) is 14.2 Å². The number of methoxy groups -OCH3 is 2. The van der Waals surface area contributed by atoms with Crippen LogP contribution >= 0.6 is 0 Å². The Kier molecular flexibility index (Phi) is 2.91. The SMILES string of the molecule is CO[C@]1(CO)O[CH][C@@](O)(OC)[C@@H]1O. The molecule has 1 radical (unpaired) electrons. The van der Waals surface area contributed by atoms with Crippen molar-refractivity contribution in [2.75, 3.05) is 20.8 Å². The van der Waals surface area contributed by atoms with E-state index in [2.05, 4.69) is 4.74 Å². The van der Waals surface area contributed by atoms with E-state index in [0.717, 1.165) is 6.61 Å². The van der Waals surface area contributed by atoms with Crippen LogP contribution in [0.5, 0.6) is 0 Å². The monoisotopic (exact) mass is 193 g/mol. The second-order valence-electron chi connectivity index (χ2n) is 2.77. The van der Waals surface area contributed by atoms with Crippen molar-refractivity contribution < 1.29 is 29.5 Å². The maximum absolute atomic E-state index is 9.54. The molecule has 0 aliphatic carbocycles. The van der Waals surface area contributed by atoms with E-state index < -0.39 is 24.3 Å². The number of aliphatic hydroxyl groups excluding tert-OH is 2. The van der Waals surface area contributed by atoms with E-state index in [0.29, 0.717) is 0 Å². The lowest BCUT2D eigenvalue weighted by Gasteiger charge is -2.30. The van der Waals surface area contributed by atoms with Crippen molar-refractivity contribution in [2.45, 2.75) is 17.7 Å². The van der Waals surface area contributed by atoms with Gasteiger partial charge in [0.15, 0.2) is 6.10 Å². The van der Waals surface area contributed by atoms with Crippen LogP contribution in [0, 0.1) is 6.61 Å². The lowest BCUT2D eigenvalue weighted by molar-refractivity contribution is -0.274. The summed E-state index contributed by atoms with van der Waals surface area (Å²) < 4.78 is 14.2. The summed E-state index contributed by atoms with van der Waals surface area (Å²) >= 11 is 0. The molecule has 0 unspecified atom stereocenters. The van der Waals surface area contributed by atoms with Crippen molar-refractivity contribution in [1.29, 1.82) is 0 Å². The first-order valence-corrected chi connectivity index (χ1v) is 3.68. The Balaban J connectivity index is 2.84. The Morgan fingerprint density at radius 1 is 1.46 bits per heavy atom. The van der Waals surface area contributed by atoms with Gasteiger partial charge in [-0.15, -0.1) is 0 Å². The lowest BCUT2D eigenvalue weighted by atomic mass is 10.1. The number of hydrogen-bond donors (Lipinski definition) is 3. The minimum atomic E-state index is -1.95. The molecule has 0 aromatic rings. The van der Waals surface area contributed by atoms with Crippen LogP contribution in [0.25, 0.3) is 0 Å². The molecule has 1 saturated heterocycles. The third-order valence-corrected chi connectivity index (χ3v) is 2.13. The van der Waals surface area contributed by atoms with E-state index in [1.807, 2.05) is 0 Å². The lowest BCUT2D eigenvalue weighted by Crippen LogP contribution is -2.53. The predicted molar refractivity (Wildman–Crippen MR) is 40.2 cm³/mol. The van der Waals surface area contributed by atoms with Gasteiger partial charge in [0.2, 0.25) is 11.6 Å². The molecule has 1 fully saturated rings. The van der Waals surface area contributed by atoms with Gasteiger partial charge >= 0.3 is 0 Å². The van der Waals surface area contributed by atoms with Gasteiger partial charge in [-0.1, -0.05) is 0 Å². The number of hydrogen-bond acceptors (Lipinski definition) is 6. The zero-order valence-corrected chi connectivity index (χ0v) is 7.43. The summed E-state index contributed by atoms with van der Waals surface area (Å²) in [5.41, 5.74) is 0. The van der Waals surface area contributed by atoms with Gasteiger partial charge in [-0.05, 0) is 0 Å². The van der Waals surface area contributed by atoms with E-state index >= 15 is 0 Å². The largest absolute Gasteiger partial charge is 0.391 e. The molecule has 0 aromatic carbocycles. The van der Waals surface area contributed by atoms with Crippen molar-refractivity contribution in [3.05, 3.63) is 6.61 Å². The van der Waals surface area contributed by atoms with Crippen molar-refractivity contribution in [3.63, 3.8) is 0 Å². The van der Waals surface area contributed by atoms with Gasteiger partial charge in [-0.25, -0.2) is 0 Å². The summed E-state index contributed by atoms with van der Waals surface area (Å²) in [5, 5.41) is 28.0.